The van der Waals surface area contributed by atoms with Gasteiger partial charge in [0.05, 0.1) is 6.54 Å². The van der Waals surface area contributed by atoms with Crippen LogP contribution < -0.4 is 10.6 Å². The maximum Gasteiger partial charge on any atom is 0.251 e. The standard InChI is InChI=1S/C25H32N4O3/c1-18-8-7-9-19(2)24(18)27-22(30)17-28-12-14-29(15-13-28)23(31)16-20(3)26-25(32)21-10-5-4-6-11-21/h4-11,20H,12-17H2,1-3H3,(H,26,32)(H,27,30)/t20-/m1/s1. The van der Waals surface area contributed by atoms with Crippen molar-refractivity contribution in [3.8, 4) is 0 Å². The van der Waals surface area contributed by atoms with E-state index in [0.29, 0.717) is 38.3 Å². The number of para-hydroxylation sites is 1. The molecule has 1 heterocycles. The third-order valence-corrected chi connectivity index (χ3v) is 5.73. The molecule has 3 rings (SSSR count). The van der Waals surface area contributed by atoms with Gasteiger partial charge in [-0.1, -0.05) is 36.4 Å². The molecule has 7 heteroatoms. The summed E-state index contributed by atoms with van der Waals surface area (Å²) in [5, 5.41) is 5.90. The topological polar surface area (TPSA) is 81.8 Å². The van der Waals surface area contributed by atoms with Gasteiger partial charge in [0, 0.05) is 49.9 Å². The molecule has 0 bridgehead atoms. The van der Waals surface area contributed by atoms with Crippen molar-refractivity contribution in [3.63, 3.8) is 0 Å². The van der Waals surface area contributed by atoms with Crippen LogP contribution in [0.2, 0.25) is 0 Å². The van der Waals surface area contributed by atoms with Crippen LogP contribution in [0.15, 0.2) is 48.5 Å². The molecule has 7 nitrogen and oxygen atoms in total. The first-order chi connectivity index (χ1) is 15.3. The number of hydrogen-bond acceptors (Lipinski definition) is 4. The van der Waals surface area contributed by atoms with Gasteiger partial charge in [0.2, 0.25) is 11.8 Å². The third kappa shape index (κ3) is 6.40. The molecule has 32 heavy (non-hydrogen) atoms. The van der Waals surface area contributed by atoms with Gasteiger partial charge < -0.3 is 15.5 Å². The Morgan fingerprint density at radius 1 is 0.906 bits per heavy atom. The summed E-state index contributed by atoms with van der Waals surface area (Å²) in [6.07, 6.45) is 0.256. The van der Waals surface area contributed by atoms with Crippen LogP contribution in [0.4, 0.5) is 5.69 Å². The number of nitrogens with zero attached hydrogens (tertiary/aromatic N) is 2. The number of benzene rings is 2. The lowest BCUT2D eigenvalue weighted by Crippen LogP contribution is -2.51. The van der Waals surface area contributed by atoms with Crippen molar-refractivity contribution in [1.82, 2.24) is 15.1 Å². The molecule has 0 spiro atoms. The number of aryl methyl sites for hydroxylation is 2. The van der Waals surface area contributed by atoms with E-state index >= 15 is 0 Å². The first-order valence-electron chi connectivity index (χ1n) is 11.1. The first kappa shape index (κ1) is 23.5. The summed E-state index contributed by atoms with van der Waals surface area (Å²) in [6, 6.07) is 14.7. The Kier molecular flexibility index (Phi) is 8.00. The highest BCUT2D eigenvalue weighted by Crippen LogP contribution is 2.19. The lowest BCUT2D eigenvalue weighted by atomic mass is 10.1. The van der Waals surface area contributed by atoms with Gasteiger partial charge in [0.25, 0.3) is 5.91 Å². The molecule has 0 aromatic heterocycles. The van der Waals surface area contributed by atoms with Gasteiger partial charge in [-0.3, -0.25) is 19.3 Å². The van der Waals surface area contributed by atoms with Gasteiger partial charge >= 0.3 is 0 Å². The van der Waals surface area contributed by atoms with Gasteiger partial charge in [0.15, 0.2) is 0 Å². The van der Waals surface area contributed by atoms with Crippen molar-refractivity contribution in [2.75, 3.05) is 38.0 Å². The molecule has 1 atom stereocenters. The quantitative estimate of drug-likeness (QED) is 0.699. The smallest absolute Gasteiger partial charge is 0.251 e. The third-order valence-electron chi connectivity index (χ3n) is 5.73. The fourth-order valence-electron chi connectivity index (χ4n) is 3.89. The van der Waals surface area contributed by atoms with Crippen molar-refractivity contribution in [2.24, 2.45) is 0 Å². The molecule has 1 aliphatic heterocycles. The molecule has 0 aliphatic carbocycles. The second kappa shape index (κ2) is 10.9. The molecule has 2 aromatic rings. The monoisotopic (exact) mass is 436 g/mol. The van der Waals surface area contributed by atoms with E-state index in [1.807, 2.05) is 62.1 Å². The van der Waals surface area contributed by atoms with Crippen LogP contribution in [-0.4, -0.2) is 66.3 Å². The lowest BCUT2D eigenvalue weighted by molar-refractivity contribution is -0.133. The minimum atomic E-state index is -0.253. The van der Waals surface area contributed by atoms with Crippen molar-refractivity contribution in [2.45, 2.75) is 33.2 Å². The van der Waals surface area contributed by atoms with E-state index in [1.165, 1.54) is 0 Å². The van der Waals surface area contributed by atoms with E-state index in [-0.39, 0.29) is 30.2 Å². The Balaban J connectivity index is 1.41. The summed E-state index contributed by atoms with van der Waals surface area (Å²) < 4.78 is 0. The fraction of sp³-hybridized carbons (Fsp3) is 0.400. The molecule has 1 saturated heterocycles. The predicted octanol–water partition coefficient (Wildman–Crippen LogP) is 2.59. The van der Waals surface area contributed by atoms with Gasteiger partial charge in [-0.15, -0.1) is 0 Å². The molecule has 170 valence electrons. The van der Waals surface area contributed by atoms with Crippen molar-refractivity contribution in [1.29, 1.82) is 0 Å². The Morgan fingerprint density at radius 2 is 1.53 bits per heavy atom. The number of rotatable bonds is 7. The van der Waals surface area contributed by atoms with Crippen molar-refractivity contribution < 1.29 is 14.4 Å². The first-order valence-corrected chi connectivity index (χ1v) is 11.1. The minimum absolute atomic E-state index is 0.0190. The van der Waals surface area contributed by atoms with Crippen LogP contribution in [0.25, 0.3) is 0 Å². The molecule has 3 amide bonds. The Morgan fingerprint density at radius 3 is 2.16 bits per heavy atom. The second-order valence-electron chi connectivity index (χ2n) is 8.42. The predicted molar refractivity (Wildman–Crippen MR) is 126 cm³/mol. The SMILES string of the molecule is Cc1cccc(C)c1NC(=O)CN1CCN(C(=O)C[C@@H](C)NC(=O)c2ccccc2)CC1. The highest BCUT2D eigenvalue weighted by Gasteiger charge is 2.24. The molecular weight excluding hydrogens is 404 g/mol. The molecule has 0 saturated carbocycles. The van der Waals surface area contributed by atoms with Crippen LogP contribution in [0.5, 0.6) is 0 Å². The Labute approximate surface area is 189 Å². The largest absolute Gasteiger partial charge is 0.349 e. The zero-order valence-corrected chi connectivity index (χ0v) is 19.1. The average Bonchev–Trinajstić information content (AvgIpc) is 2.77. The molecule has 1 fully saturated rings. The normalized spacial score (nSPS) is 15.2. The fourth-order valence-corrected chi connectivity index (χ4v) is 3.89. The van der Waals surface area contributed by atoms with E-state index in [9.17, 15) is 14.4 Å². The number of carbonyl (C=O) groups excluding carboxylic acids is 3. The van der Waals surface area contributed by atoms with E-state index in [2.05, 4.69) is 15.5 Å². The van der Waals surface area contributed by atoms with Crippen LogP contribution in [-0.2, 0) is 9.59 Å². The summed E-state index contributed by atoms with van der Waals surface area (Å²) in [6.45, 7) is 8.57. The summed E-state index contributed by atoms with van der Waals surface area (Å²) in [5.41, 5.74) is 3.54. The summed E-state index contributed by atoms with van der Waals surface area (Å²) in [4.78, 5) is 41.3. The van der Waals surface area contributed by atoms with Gasteiger partial charge in [0.1, 0.15) is 0 Å². The molecule has 2 aromatic carbocycles. The number of anilines is 1. The maximum absolute atomic E-state index is 12.6. The molecule has 0 radical (unpaired) electrons. The van der Waals surface area contributed by atoms with Gasteiger partial charge in [-0.05, 0) is 44.0 Å². The van der Waals surface area contributed by atoms with Gasteiger partial charge in [-0.25, -0.2) is 0 Å². The molecule has 1 aliphatic rings. The van der Waals surface area contributed by atoms with E-state index in [4.69, 9.17) is 0 Å². The van der Waals surface area contributed by atoms with Crippen molar-refractivity contribution >= 4 is 23.4 Å². The van der Waals surface area contributed by atoms with Crippen LogP contribution in [0.1, 0.15) is 34.8 Å². The summed E-state index contributed by atoms with van der Waals surface area (Å²) >= 11 is 0. The Bertz CT molecular complexity index is 933. The minimum Gasteiger partial charge on any atom is -0.349 e. The summed E-state index contributed by atoms with van der Waals surface area (Å²) in [5.74, 6) is -0.199. The maximum atomic E-state index is 12.6. The average molecular weight is 437 g/mol. The second-order valence-corrected chi connectivity index (χ2v) is 8.42. The van der Waals surface area contributed by atoms with E-state index in [0.717, 1.165) is 16.8 Å². The summed E-state index contributed by atoms with van der Waals surface area (Å²) in [7, 11) is 0. The Hall–Kier alpha value is -3.19. The van der Waals surface area contributed by atoms with E-state index < -0.39 is 0 Å². The van der Waals surface area contributed by atoms with Crippen LogP contribution >= 0.6 is 0 Å². The van der Waals surface area contributed by atoms with E-state index in [1.54, 1.807) is 12.1 Å². The zero-order valence-electron chi connectivity index (χ0n) is 19.1. The van der Waals surface area contributed by atoms with Crippen molar-refractivity contribution in [3.05, 3.63) is 65.2 Å². The number of carbonyl (C=O) groups is 3. The van der Waals surface area contributed by atoms with Crippen LogP contribution in [0, 0.1) is 13.8 Å². The zero-order chi connectivity index (χ0) is 23.1. The molecular formula is C25H32N4O3. The lowest BCUT2D eigenvalue weighted by Gasteiger charge is -2.35. The molecule has 2 N–H and O–H groups in total. The van der Waals surface area contributed by atoms with Crippen LogP contribution in [0.3, 0.4) is 0 Å². The van der Waals surface area contributed by atoms with Gasteiger partial charge in [-0.2, -0.15) is 0 Å². The highest BCUT2D eigenvalue weighted by molar-refractivity contribution is 5.95. The number of amides is 3. The highest BCUT2D eigenvalue weighted by atomic mass is 16.2. The number of piperazine rings is 1. The number of nitrogens with one attached hydrogen (secondary N) is 2. The number of hydrogen-bond donors (Lipinski definition) is 2. The molecule has 0 unspecified atom stereocenters.